The quantitative estimate of drug-likeness (QED) is 0.749. The molecule has 1 atom stereocenters. The lowest BCUT2D eigenvalue weighted by atomic mass is 10.1. The van der Waals surface area contributed by atoms with Gasteiger partial charge in [-0.3, -0.25) is 9.78 Å². The van der Waals surface area contributed by atoms with Gasteiger partial charge in [-0.15, -0.1) is 0 Å². The van der Waals surface area contributed by atoms with Gasteiger partial charge in [-0.25, -0.2) is 13.4 Å². The highest BCUT2D eigenvalue weighted by molar-refractivity contribution is 7.92. The first-order valence-corrected chi connectivity index (χ1v) is 10.4. The van der Waals surface area contributed by atoms with Gasteiger partial charge in [0.05, 0.1) is 29.3 Å². The lowest BCUT2D eigenvalue weighted by Gasteiger charge is -2.17. The average Bonchev–Trinajstić information content (AvgIpc) is 3.11. The van der Waals surface area contributed by atoms with E-state index in [4.69, 9.17) is 4.74 Å². The summed E-state index contributed by atoms with van der Waals surface area (Å²) in [6.07, 6.45) is 5.58. The van der Waals surface area contributed by atoms with Crippen molar-refractivity contribution in [1.29, 1.82) is 0 Å². The zero-order valence-corrected chi connectivity index (χ0v) is 16.2. The molecule has 0 spiro atoms. The Morgan fingerprint density at radius 3 is 2.63 bits per heavy atom. The predicted octanol–water partition coefficient (Wildman–Crippen LogP) is 1.88. The highest BCUT2D eigenvalue weighted by atomic mass is 32.2. The Hall–Kier alpha value is -2.48. The van der Waals surface area contributed by atoms with Crippen molar-refractivity contribution in [1.82, 2.24) is 14.9 Å². The lowest BCUT2D eigenvalue weighted by Crippen LogP contribution is -2.32. The molecule has 1 aliphatic heterocycles. The minimum Gasteiger partial charge on any atom is -0.471 e. The molecular formula is C19H23N3O4S. The molecule has 0 aliphatic carbocycles. The summed E-state index contributed by atoms with van der Waals surface area (Å²) in [5, 5.41) is -0.471. The van der Waals surface area contributed by atoms with Crippen LogP contribution in [0.25, 0.3) is 0 Å². The number of benzene rings is 1. The van der Waals surface area contributed by atoms with Gasteiger partial charge in [-0.2, -0.15) is 0 Å². The van der Waals surface area contributed by atoms with Gasteiger partial charge in [0.1, 0.15) is 6.10 Å². The van der Waals surface area contributed by atoms with Crippen molar-refractivity contribution in [2.75, 3.05) is 13.1 Å². The molecule has 1 aromatic heterocycles. The van der Waals surface area contributed by atoms with E-state index in [0.717, 1.165) is 12.0 Å². The minimum absolute atomic E-state index is 0.000266. The maximum absolute atomic E-state index is 12.5. The number of ether oxygens (including phenoxy) is 1. The topological polar surface area (TPSA) is 89.5 Å². The van der Waals surface area contributed by atoms with Gasteiger partial charge in [0.2, 0.25) is 11.8 Å². The summed E-state index contributed by atoms with van der Waals surface area (Å²) in [6.45, 7) is 4.44. The second-order valence-corrected chi connectivity index (χ2v) is 9.33. The molecule has 1 aliphatic rings. The minimum atomic E-state index is -3.30. The van der Waals surface area contributed by atoms with Crippen LogP contribution in [0.2, 0.25) is 0 Å². The zero-order chi connectivity index (χ0) is 19.4. The molecule has 8 heteroatoms. The van der Waals surface area contributed by atoms with Crippen LogP contribution in [-0.2, 0) is 21.1 Å². The van der Waals surface area contributed by atoms with Gasteiger partial charge < -0.3 is 9.64 Å². The lowest BCUT2D eigenvalue weighted by molar-refractivity contribution is -0.129. The molecule has 1 amide bonds. The van der Waals surface area contributed by atoms with Crippen LogP contribution in [0.1, 0.15) is 25.8 Å². The molecular weight excluding hydrogens is 366 g/mol. The van der Waals surface area contributed by atoms with Crippen molar-refractivity contribution in [3.63, 3.8) is 0 Å². The van der Waals surface area contributed by atoms with Crippen molar-refractivity contribution in [2.24, 2.45) is 0 Å². The summed E-state index contributed by atoms with van der Waals surface area (Å²) < 4.78 is 30.1. The summed E-state index contributed by atoms with van der Waals surface area (Å²) in [4.78, 5) is 22.6. The number of aromatic nitrogens is 2. The SMILES string of the molecule is CC(C)S(=O)(=O)c1ccc(CC(=O)N2CCC(Oc3cnccn3)C2)cc1. The molecule has 0 bridgehead atoms. The van der Waals surface area contributed by atoms with E-state index in [2.05, 4.69) is 9.97 Å². The van der Waals surface area contributed by atoms with E-state index in [0.29, 0.717) is 19.0 Å². The Morgan fingerprint density at radius 1 is 1.26 bits per heavy atom. The van der Waals surface area contributed by atoms with Gasteiger partial charge in [-0.1, -0.05) is 12.1 Å². The fourth-order valence-corrected chi connectivity index (χ4v) is 3.98. The summed E-state index contributed by atoms with van der Waals surface area (Å²) in [5.74, 6) is 0.457. The third kappa shape index (κ3) is 4.63. The van der Waals surface area contributed by atoms with E-state index < -0.39 is 15.1 Å². The molecule has 1 aromatic carbocycles. The van der Waals surface area contributed by atoms with Crippen molar-refractivity contribution >= 4 is 15.7 Å². The number of amides is 1. The van der Waals surface area contributed by atoms with E-state index in [1.54, 1.807) is 61.6 Å². The summed E-state index contributed by atoms with van der Waals surface area (Å²) in [7, 11) is -3.30. The zero-order valence-electron chi connectivity index (χ0n) is 15.4. The van der Waals surface area contributed by atoms with Gasteiger partial charge in [-0.05, 0) is 31.5 Å². The van der Waals surface area contributed by atoms with E-state index in [1.165, 1.54) is 0 Å². The Kier molecular flexibility index (Phi) is 5.74. The number of hydrogen-bond donors (Lipinski definition) is 0. The highest BCUT2D eigenvalue weighted by Crippen LogP contribution is 2.19. The summed E-state index contributed by atoms with van der Waals surface area (Å²) >= 11 is 0. The monoisotopic (exact) mass is 389 g/mol. The van der Waals surface area contributed by atoms with Crippen LogP contribution >= 0.6 is 0 Å². The fraction of sp³-hybridized carbons (Fsp3) is 0.421. The van der Waals surface area contributed by atoms with Gasteiger partial charge in [0, 0.05) is 25.4 Å². The second kappa shape index (κ2) is 8.04. The largest absolute Gasteiger partial charge is 0.471 e. The first-order chi connectivity index (χ1) is 12.9. The summed E-state index contributed by atoms with van der Waals surface area (Å²) in [6, 6.07) is 6.55. The van der Waals surface area contributed by atoms with Crippen LogP contribution in [0.5, 0.6) is 5.88 Å². The molecule has 0 radical (unpaired) electrons. The number of nitrogens with zero attached hydrogens (tertiary/aromatic N) is 3. The van der Waals surface area contributed by atoms with E-state index in [1.807, 2.05) is 0 Å². The standard InChI is InChI=1S/C19H23N3O4S/c1-14(2)27(24,25)17-5-3-15(4-6-17)11-19(23)22-10-7-16(13-22)26-18-12-20-8-9-21-18/h3-6,8-9,12,14,16H,7,10-11,13H2,1-2H3. The van der Waals surface area contributed by atoms with Crippen molar-refractivity contribution in [3.8, 4) is 5.88 Å². The van der Waals surface area contributed by atoms with Crippen LogP contribution < -0.4 is 4.74 Å². The third-order valence-electron chi connectivity index (χ3n) is 4.55. The van der Waals surface area contributed by atoms with Crippen LogP contribution in [-0.4, -0.2) is 53.6 Å². The number of rotatable bonds is 6. The Bertz CT molecular complexity index is 883. The first-order valence-electron chi connectivity index (χ1n) is 8.89. The van der Waals surface area contributed by atoms with E-state index in [9.17, 15) is 13.2 Å². The number of carbonyl (C=O) groups excluding carboxylic acids is 1. The number of sulfone groups is 1. The molecule has 3 rings (SSSR count). The third-order valence-corrected chi connectivity index (χ3v) is 6.72. The van der Waals surface area contributed by atoms with Gasteiger partial charge in [0.25, 0.3) is 0 Å². The molecule has 0 saturated carbocycles. The number of likely N-dealkylation sites (tertiary alicyclic amines) is 1. The molecule has 2 heterocycles. The first kappa shape index (κ1) is 19.3. The van der Waals surface area contributed by atoms with E-state index >= 15 is 0 Å². The maximum Gasteiger partial charge on any atom is 0.232 e. The molecule has 144 valence electrons. The average molecular weight is 389 g/mol. The fourth-order valence-electron chi connectivity index (χ4n) is 2.92. The second-order valence-electron chi connectivity index (χ2n) is 6.83. The molecule has 1 saturated heterocycles. The van der Waals surface area contributed by atoms with E-state index in [-0.39, 0.29) is 23.3 Å². The van der Waals surface area contributed by atoms with Crippen LogP contribution in [0, 0.1) is 0 Å². The van der Waals surface area contributed by atoms with Crippen molar-refractivity contribution in [2.45, 2.75) is 42.9 Å². The molecule has 0 N–H and O–H groups in total. The Labute approximate surface area is 159 Å². The number of hydrogen-bond acceptors (Lipinski definition) is 6. The van der Waals surface area contributed by atoms with Crippen molar-refractivity contribution in [3.05, 3.63) is 48.4 Å². The summed E-state index contributed by atoms with van der Waals surface area (Å²) in [5.41, 5.74) is 0.793. The molecule has 2 aromatic rings. The maximum atomic E-state index is 12.5. The number of carbonyl (C=O) groups is 1. The molecule has 27 heavy (non-hydrogen) atoms. The molecule has 1 fully saturated rings. The van der Waals surface area contributed by atoms with Crippen LogP contribution in [0.15, 0.2) is 47.8 Å². The smallest absolute Gasteiger partial charge is 0.232 e. The van der Waals surface area contributed by atoms with Crippen LogP contribution in [0.3, 0.4) is 0 Å². The van der Waals surface area contributed by atoms with Crippen LogP contribution in [0.4, 0.5) is 0 Å². The molecule has 7 nitrogen and oxygen atoms in total. The Balaban J connectivity index is 1.56. The predicted molar refractivity (Wildman–Crippen MR) is 100 cm³/mol. The van der Waals surface area contributed by atoms with Gasteiger partial charge in [0.15, 0.2) is 9.84 Å². The normalized spacial score (nSPS) is 17.3. The van der Waals surface area contributed by atoms with Crippen molar-refractivity contribution < 1.29 is 17.9 Å². The van der Waals surface area contributed by atoms with Gasteiger partial charge >= 0.3 is 0 Å². The molecule has 1 unspecified atom stereocenters. The highest BCUT2D eigenvalue weighted by Gasteiger charge is 2.28. The Morgan fingerprint density at radius 2 is 2.00 bits per heavy atom.